The van der Waals surface area contributed by atoms with Gasteiger partial charge in [0.1, 0.15) is 17.2 Å². The zero-order valence-corrected chi connectivity index (χ0v) is 12.7. The highest BCUT2D eigenvalue weighted by atomic mass is 19.1. The lowest BCUT2D eigenvalue weighted by Gasteiger charge is -2.21. The molecule has 0 unspecified atom stereocenters. The first-order valence-corrected chi connectivity index (χ1v) is 6.72. The van der Waals surface area contributed by atoms with Crippen LogP contribution in [0.25, 0.3) is 0 Å². The van der Waals surface area contributed by atoms with Crippen LogP contribution < -0.4 is 5.32 Å². The van der Waals surface area contributed by atoms with E-state index in [0.717, 1.165) is 6.07 Å². The summed E-state index contributed by atoms with van der Waals surface area (Å²) in [7, 11) is 0. The lowest BCUT2D eigenvalue weighted by Crippen LogP contribution is -2.37. The molecule has 1 rings (SSSR count). The molecule has 7 heteroatoms. The molecule has 5 nitrogen and oxygen atoms in total. The lowest BCUT2D eigenvalue weighted by molar-refractivity contribution is -0.141. The Morgan fingerprint density at radius 3 is 2.45 bits per heavy atom. The number of ether oxygens (including phenoxy) is 1. The van der Waals surface area contributed by atoms with Crippen LogP contribution in [0.15, 0.2) is 18.2 Å². The minimum Gasteiger partial charge on any atom is -0.481 e. The highest BCUT2D eigenvalue weighted by Gasteiger charge is 2.22. The van der Waals surface area contributed by atoms with Crippen molar-refractivity contribution >= 4 is 12.1 Å². The highest BCUT2D eigenvalue weighted by Crippen LogP contribution is 2.15. The second-order valence-electron chi connectivity index (χ2n) is 5.86. The van der Waals surface area contributed by atoms with Gasteiger partial charge in [-0.3, -0.25) is 4.79 Å². The van der Waals surface area contributed by atoms with Gasteiger partial charge in [0.25, 0.3) is 0 Å². The maximum Gasteiger partial charge on any atom is 0.407 e. The van der Waals surface area contributed by atoms with Crippen LogP contribution in [-0.2, 0) is 16.0 Å². The first-order chi connectivity index (χ1) is 10.1. The number of carbonyl (C=O) groups excluding carboxylic acids is 1. The summed E-state index contributed by atoms with van der Waals surface area (Å²) in [6.07, 6.45) is -0.921. The first kappa shape index (κ1) is 17.9. The number of hydrogen-bond acceptors (Lipinski definition) is 3. The fraction of sp³-hybridized carbons (Fsp3) is 0.467. The van der Waals surface area contributed by atoms with Crippen molar-refractivity contribution in [2.75, 3.05) is 6.54 Å². The molecule has 22 heavy (non-hydrogen) atoms. The zero-order valence-electron chi connectivity index (χ0n) is 12.7. The number of aliphatic carboxylic acids is 1. The van der Waals surface area contributed by atoms with Crippen LogP contribution in [-0.4, -0.2) is 29.3 Å². The Bertz CT molecular complexity index is 555. The zero-order chi connectivity index (χ0) is 16.9. The minimum atomic E-state index is -1.19. The van der Waals surface area contributed by atoms with Crippen molar-refractivity contribution in [3.05, 3.63) is 35.4 Å². The second kappa shape index (κ2) is 7.20. The van der Waals surface area contributed by atoms with Crippen LogP contribution in [0.4, 0.5) is 13.6 Å². The van der Waals surface area contributed by atoms with Gasteiger partial charge < -0.3 is 15.2 Å². The average Bonchev–Trinajstić information content (AvgIpc) is 2.34. The van der Waals surface area contributed by atoms with Gasteiger partial charge in [-0.25, -0.2) is 13.6 Å². The van der Waals surface area contributed by atoms with Crippen LogP contribution in [0, 0.1) is 17.6 Å². The number of carbonyl (C=O) groups is 2. The van der Waals surface area contributed by atoms with E-state index in [9.17, 15) is 18.4 Å². The molecule has 0 saturated carbocycles. The highest BCUT2D eigenvalue weighted by molar-refractivity contribution is 5.73. The van der Waals surface area contributed by atoms with Crippen molar-refractivity contribution in [1.29, 1.82) is 0 Å². The number of halogens is 2. The van der Waals surface area contributed by atoms with Crippen LogP contribution >= 0.6 is 0 Å². The van der Waals surface area contributed by atoms with Gasteiger partial charge in [-0.15, -0.1) is 0 Å². The van der Waals surface area contributed by atoms with Crippen molar-refractivity contribution in [2.45, 2.75) is 32.8 Å². The SMILES string of the molecule is CC(C)(C)OC(=O)NC[C@H](Cc1ccc(F)cc1F)C(=O)O. The second-order valence-corrected chi connectivity index (χ2v) is 5.86. The van der Waals surface area contributed by atoms with E-state index >= 15 is 0 Å². The van der Waals surface area contributed by atoms with Gasteiger partial charge in [-0.1, -0.05) is 6.07 Å². The molecule has 0 saturated heterocycles. The summed E-state index contributed by atoms with van der Waals surface area (Å²) in [5.41, 5.74) is -0.633. The molecule has 1 amide bonds. The number of amides is 1. The summed E-state index contributed by atoms with van der Waals surface area (Å²) >= 11 is 0. The third kappa shape index (κ3) is 6.07. The number of carboxylic acids is 1. The normalized spacial score (nSPS) is 12.6. The molecule has 0 aliphatic carbocycles. The van der Waals surface area contributed by atoms with Crippen molar-refractivity contribution in [3.63, 3.8) is 0 Å². The number of alkyl carbamates (subject to hydrolysis) is 1. The van der Waals surface area contributed by atoms with Crippen LogP contribution in [0.2, 0.25) is 0 Å². The molecule has 0 aliphatic rings. The summed E-state index contributed by atoms with van der Waals surface area (Å²) in [6.45, 7) is 4.81. The maximum atomic E-state index is 13.6. The molecule has 0 heterocycles. The summed E-state index contributed by atoms with van der Waals surface area (Å²) < 4.78 is 31.4. The summed E-state index contributed by atoms with van der Waals surface area (Å²) in [5, 5.41) is 11.5. The van der Waals surface area contributed by atoms with E-state index in [1.54, 1.807) is 20.8 Å². The van der Waals surface area contributed by atoms with E-state index in [-0.39, 0.29) is 18.5 Å². The first-order valence-electron chi connectivity index (χ1n) is 6.72. The maximum absolute atomic E-state index is 13.6. The number of benzene rings is 1. The Kier molecular flexibility index (Phi) is 5.84. The van der Waals surface area contributed by atoms with Crippen LogP contribution in [0.5, 0.6) is 0 Å². The van der Waals surface area contributed by atoms with Gasteiger partial charge in [-0.2, -0.15) is 0 Å². The van der Waals surface area contributed by atoms with Crippen LogP contribution in [0.3, 0.4) is 0 Å². The van der Waals surface area contributed by atoms with Gasteiger partial charge in [0.15, 0.2) is 0 Å². The molecule has 0 fully saturated rings. The third-order valence-corrected chi connectivity index (χ3v) is 2.72. The number of rotatable bonds is 5. The monoisotopic (exact) mass is 315 g/mol. The molecule has 0 aliphatic heterocycles. The molecule has 0 bridgehead atoms. The summed E-state index contributed by atoms with van der Waals surface area (Å²) in [4.78, 5) is 22.7. The van der Waals surface area contributed by atoms with E-state index in [0.29, 0.717) is 6.07 Å². The Hall–Kier alpha value is -2.18. The predicted octanol–water partition coefficient (Wildman–Crippen LogP) is 2.73. The largest absolute Gasteiger partial charge is 0.481 e. The van der Waals surface area contributed by atoms with E-state index in [1.807, 2.05) is 0 Å². The molecule has 0 aromatic heterocycles. The quantitative estimate of drug-likeness (QED) is 0.876. The van der Waals surface area contributed by atoms with Crippen LogP contribution in [0.1, 0.15) is 26.3 Å². The standard InChI is InChI=1S/C15H19F2NO4/c1-15(2,3)22-14(21)18-8-10(13(19)20)6-9-4-5-11(16)7-12(9)17/h4-5,7,10H,6,8H2,1-3H3,(H,18,21)(H,19,20)/t10-/m0/s1. The summed E-state index contributed by atoms with van der Waals surface area (Å²) in [6, 6.07) is 2.93. The third-order valence-electron chi connectivity index (χ3n) is 2.72. The topological polar surface area (TPSA) is 75.6 Å². The average molecular weight is 315 g/mol. The van der Waals surface area contributed by atoms with Gasteiger partial charge in [0.05, 0.1) is 5.92 Å². The van der Waals surface area contributed by atoms with E-state index < -0.39 is 35.2 Å². The molecule has 1 aromatic carbocycles. The van der Waals surface area contributed by atoms with Gasteiger partial charge in [0.2, 0.25) is 0 Å². The Morgan fingerprint density at radius 2 is 1.95 bits per heavy atom. The summed E-state index contributed by atoms with van der Waals surface area (Å²) in [5.74, 6) is -3.80. The van der Waals surface area contributed by atoms with E-state index in [1.165, 1.54) is 6.07 Å². The Labute approximate surface area is 127 Å². The molecule has 0 spiro atoms. The van der Waals surface area contributed by atoms with Gasteiger partial charge in [-0.05, 0) is 38.8 Å². The minimum absolute atomic E-state index is 0.0692. The molecular formula is C15H19F2NO4. The smallest absolute Gasteiger partial charge is 0.407 e. The van der Waals surface area contributed by atoms with E-state index in [2.05, 4.69) is 5.32 Å². The fourth-order valence-electron chi connectivity index (χ4n) is 1.72. The molecule has 1 aromatic rings. The van der Waals surface area contributed by atoms with Gasteiger partial charge >= 0.3 is 12.1 Å². The molecule has 0 radical (unpaired) electrons. The Balaban J connectivity index is 2.67. The number of carboxylic acid groups (broad SMARTS) is 1. The van der Waals surface area contributed by atoms with E-state index in [4.69, 9.17) is 9.84 Å². The van der Waals surface area contributed by atoms with Crippen molar-refractivity contribution < 1.29 is 28.2 Å². The number of hydrogen-bond donors (Lipinski definition) is 2. The molecule has 1 atom stereocenters. The lowest BCUT2D eigenvalue weighted by atomic mass is 9.99. The Morgan fingerprint density at radius 1 is 1.32 bits per heavy atom. The van der Waals surface area contributed by atoms with Crippen molar-refractivity contribution in [1.82, 2.24) is 5.32 Å². The molecule has 2 N–H and O–H groups in total. The van der Waals surface area contributed by atoms with Crippen molar-refractivity contribution in [2.24, 2.45) is 5.92 Å². The number of nitrogens with one attached hydrogen (secondary N) is 1. The molecule has 122 valence electrons. The molecular weight excluding hydrogens is 296 g/mol. The van der Waals surface area contributed by atoms with Crippen molar-refractivity contribution in [3.8, 4) is 0 Å². The predicted molar refractivity (Wildman–Crippen MR) is 75.4 cm³/mol. The van der Waals surface area contributed by atoms with Gasteiger partial charge in [0, 0.05) is 12.6 Å². The fourth-order valence-corrected chi connectivity index (χ4v) is 1.72.